The van der Waals surface area contributed by atoms with Gasteiger partial charge in [0.1, 0.15) is 0 Å². The van der Waals surface area contributed by atoms with Crippen LogP contribution < -0.4 is 0 Å². The summed E-state index contributed by atoms with van der Waals surface area (Å²) in [6.45, 7) is 3.22. The molecule has 0 spiro atoms. The Morgan fingerprint density at radius 3 is 2.15 bits per heavy atom. The van der Waals surface area contributed by atoms with Crippen LogP contribution in [0.25, 0.3) is 0 Å². The van der Waals surface area contributed by atoms with Crippen molar-refractivity contribution in [2.45, 2.75) is 18.2 Å². The van der Waals surface area contributed by atoms with E-state index in [4.69, 9.17) is 23.2 Å². The number of amides is 1. The molecule has 0 saturated carbocycles. The average Bonchev–Trinajstić information content (AvgIpc) is 2.69. The van der Waals surface area contributed by atoms with Crippen LogP contribution in [-0.2, 0) is 16.4 Å². The predicted molar refractivity (Wildman–Crippen MR) is 107 cm³/mol. The summed E-state index contributed by atoms with van der Waals surface area (Å²) < 4.78 is 26.9. The summed E-state index contributed by atoms with van der Waals surface area (Å²) in [5.41, 5.74) is 1.79. The molecule has 144 valence electrons. The maximum atomic E-state index is 12.8. The minimum absolute atomic E-state index is 0.0794. The lowest BCUT2D eigenvalue weighted by Gasteiger charge is -2.34. The zero-order valence-electron chi connectivity index (χ0n) is 14.9. The van der Waals surface area contributed by atoms with E-state index < -0.39 is 10.0 Å². The second-order valence-corrected chi connectivity index (χ2v) is 9.08. The van der Waals surface area contributed by atoms with E-state index in [2.05, 4.69) is 6.92 Å². The largest absolute Gasteiger partial charge is 0.336 e. The number of carbonyl (C=O) groups excluding carboxylic acids is 1. The van der Waals surface area contributed by atoms with Crippen LogP contribution in [0.1, 0.15) is 22.8 Å². The molecule has 1 aliphatic rings. The lowest BCUT2D eigenvalue weighted by atomic mass is 10.1. The monoisotopic (exact) mass is 426 g/mol. The minimum Gasteiger partial charge on any atom is -0.336 e. The van der Waals surface area contributed by atoms with Crippen molar-refractivity contribution in [3.63, 3.8) is 0 Å². The van der Waals surface area contributed by atoms with E-state index in [9.17, 15) is 13.2 Å². The quantitative estimate of drug-likeness (QED) is 0.748. The van der Waals surface area contributed by atoms with Crippen LogP contribution >= 0.6 is 23.2 Å². The van der Waals surface area contributed by atoms with Crippen molar-refractivity contribution >= 4 is 39.1 Å². The average molecular weight is 427 g/mol. The topological polar surface area (TPSA) is 57.7 Å². The molecule has 8 heteroatoms. The fourth-order valence-electron chi connectivity index (χ4n) is 2.98. The van der Waals surface area contributed by atoms with E-state index in [1.54, 1.807) is 4.90 Å². The van der Waals surface area contributed by atoms with Gasteiger partial charge in [-0.25, -0.2) is 8.42 Å². The molecule has 1 aliphatic heterocycles. The molecule has 3 rings (SSSR count). The Bertz CT molecular complexity index is 938. The Hall–Kier alpha value is -1.60. The van der Waals surface area contributed by atoms with Gasteiger partial charge in [0.15, 0.2) is 0 Å². The van der Waals surface area contributed by atoms with Gasteiger partial charge in [0.05, 0.1) is 14.9 Å². The van der Waals surface area contributed by atoms with Crippen molar-refractivity contribution in [2.75, 3.05) is 26.2 Å². The van der Waals surface area contributed by atoms with Crippen LogP contribution in [0, 0.1) is 0 Å². The zero-order valence-corrected chi connectivity index (χ0v) is 17.2. The molecule has 0 aliphatic carbocycles. The highest BCUT2D eigenvalue weighted by Gasteiger charge is 2.30. The van der Waals surface area contributed by atoms with Crippen molar-refractivity contribution in [1.29, 1.82) is 0 Å². The van der Waals surface area contributed by atoms with Crippen LogP contribution in [0.15, 0.2) is 47.4 Å². The number of nitrogens with zero attached hydrogens (tertiary/aromatic N) is 2. The highest BCUT2D eigenvalue weighted by molar-refractivity contribution is 7.89. The number of aryl methyl sites for hydroxylation is 1. The van der Waals surface area contributed by atoms with E-state index in [1.165, 1.54) is 28.1 Å². The molecule has 0 radical (unpaired) electrons. The van der Waals surface area contributed by atoms with Crippen LogP contribution in [0.2, 0.25) is 10.0 Å². The SMILES string of the molecule is CCc1ccc(C(=O)N2CCN(S(=O)(=O)c3ccc(Cl)c(Cl)c3)CC2)cc1. The fraction of sp³-hybridized carbons (Fsp3) is 0.316. The molecule has 27 heavy (non-hydrogen) atoms. The molecule has 1 saturated heterocycles. The number of hydrogen-bond donors (Lipinski definition) is 0. The van der Waals surface area contributed by atoms with Crippen LogP contribution in [0.4, 0.5) is 0 Å². The summed E-state index contributed by atoms with van der Waals surface area (Å²) in [5.74, 6) is -0.0794. The molecular formula is C19H20Cl2N2O3S. The number of carbonyl (C=O) groups is 1. The maximum absolute atomic E-state index is 12.8. The molecule has 2 aromatic carbocycles. The summed E-state index contributed by atoms with van der Waals surface area (Å²) in [6.07, 6.45) is 0.916. The number of rotatable bonds is 4. The summed E-state index contributed by atoms with van der Waals surface area (Å²) >= 11 is 11.8. The van der Waals surface area contributed by atoms with E-state index in [1.807, 2.05) is 24.3 Å². The summed E-state index contributed by atoms with van der Waals surface area (Å²) in [6, 6.07) is 11.8. The van der Waals surface area contributed by atoms with Gasteiger partial charge in [-0.15, -0.1) is 0 Å². The van der Waals surface area contributed by atoms with Crippen molar-refractivity contribution in [3.8, 4) is 0 Å². The van der Waals surface area contributed by atoms with E-state index >= 15 is 0 Å². The van der Waals surface area contributed by atoms with Gasteiger partial charge in [-0.05, 0) is 42.3 Å². The lowest BCUT2D eigenvalue weighted by Crippen LogP contribution is -2.50. The van der Waals surface area contributed by atoms with E-state index in [-0.39, 0.29) is 28.9 Å². The van der Waals surface area contributed by atoms with Crippen molar-refractivity contribution in [1.82, 2.24) is 9.21 Å². The van der Waals surface area contributed by atoms with E-state index in [0.717, 1.165) is 6.42 Å². The molecule has 0 aromatic heterocycles. The Morgan fingerprint density at radius 2 is 1.59 bits per heavy atom. The third-order valence-electron chi connectivity index (χ3n) is 4.66. The normalized spacial score (nSPS) is 15.7. The molecule has 0 bridgehead atoms. The van der Waals surface area contributed by atoms with Gasteiger partial charge in [0.25, 0.3) is 5.91 Å². The molecule has 1 fully saturated rings. The smallest absolute Gasteiger partial charge is 0.253 e. The van der Waals surface area contributed by atoms with Crippen LogP contribution in [0.3, 0.4) is 0 Å². The number of hydrogen-bond acceptors (Lipinski definition) is 3. The predicted octanol–water partition coefficient (Wildman–Crippen LogP) is 3.70. The highest BCUT2D eigenvalue weighted by atomic mass is 35.5. The van der Waals surface area contributed by atoms with Gasteiger partial charge < -0.3 is 4.90 Å². The number of halogens is 2. The Kier molecular flexibility index (Phi) is 6.11. The van der Waals surface area contributed by atoms with Gasteiger partial charge in [-0.1, -0.05) is 42.3 Å². The Balaban J connectivity index is 1.68. The molecule has 5 nitrogen and oxygen atoms in total. The van der Waals surface area contributed by atoms with Gasteiger partial charge in [-0.3, -0.25) is 4.79 Å². The maximum Gasteiger partial charge on any atom is 0.253 e. The standard InChI is InChI=1S/C19H20Cl2N2O3S/c1-2-14-3-5-15(6-4-14)19(24)22-9-11-23(12-10-22)27(25,26)16-7-8-17(20)18(21)13-16/h3-8,13H,2,9-12H2,1H3. The molecular weight excluding hydrogens is 407 g/mol. The van der Waals surface area contributed by atoms with Crippen LogP contribution in [0.5, 0.6) is 0 Å². The van der Waals surface area contributed by atoms with Crippen molar-refractivity contribution in [3.05, 3.63) is 63.6 Å². The second kappa shape index (κ2) is 8.19. The molecule has 1 amide bonds. The molecule has 0 N–H and O–H groups in total. The minimum atomic E-state index is -3.67. The molecule has 1 heterocycles. The first-order valence-corrected chi connectivity index (χ1v) is 10.9. The number of sulfonamides is 1. The molecule has 2 aromatic rings. The Labute approximate surface area is 169 Å². The molecule has 0 unspecified atom stereocenters. The lowest BCUT2D eigenvalue weighted by molar-refractivity contribution is 0.0698. The second-order valence-electron chi connectivity index (χ2n) is 6.32. The highest BCUT2D eigenvalue weighted by Crippen LogP contribution is 2.27. The van der Waals surface area contributed by atoms with Gasteiger partial charge >= 0.3 is 0 Å². The number of benzene rings is 2. The summed E-state index contributed by atoms with van der Waals surface area (Å²) in [7, 11) is -3.67. The molecule has 0 atom stereocenters. The van der Waals surface area contributed by atoms with Crippen molar-refractivity contribution < 1.29 is 13.2 Å². The summed E-state index contributed by atoms with van der Waals surface area (Å²) in [4.78, 5) is 14.4. The van der Waals surface area contributed by atoms with Crippen LogP contribution in [-0.4, -0.2) is 49.7 Å². The third kappa shape index (κ3) is 4.29. The third-order valence-corrected chi connectivity index (χ3v) is 7.30. The zero-order chi connectivity index (χ0) is 19.6. The Morgan fingerprint density at radius 1 is 0.963 bits per heavy atom. The first-order chi connectivity index (χ1) is 12.8. The van der Waals surface area contributed by atoms with Gasteiger partial charge in [-0.2, -0.15) is 4.31 Å². The first-order valence-electron chi connectivity index (χ1n) is 8.66. The first kappa shape index (κ1) is 20.1. The van der Waals surface area contributed by atoms with Gasteiger partial charge in [0.2, 0.25) is 10.0 Å². The van der Waals surface area contributed by atoms with E-state index in [0.29, 0.717) is 23.7 Å². The fourth-order valence-corrected chi connectivity index (χ4v) is 4.80. The van der Waals surface area contributed by atoms with Crippen molar-refractivity contribution in [2.24, 2.45) is 0 Å². The number of piperazine rings is 1. The van der Waals surface area contributed by atoms with Gasteiger partial charge in [0, 0.05) is 31.7 Å². The summed E-state index contributed by atoms with van der Waals surface area (Å²) in [5, 5.41) is 0.502.